The van der Waals surface area contributed by atoms with Crippen molar-refractivity contribution in [2.75, 3.05) is 0 Å². The lowest BCUT2D eigenvalue weighted by molar-refractivity contribution is 0.139. The Kier molecular flexibility index (Phi) is 3.27. The fourth-order valence-corrected chi connectivity index (χ4v) is 3.07. The first kappa shape index (κ1) is 12.0. The van der Waals surface area contributed by atoms with Crippen LogP contribution in [0.2, 0.25) is 0 Å². The molecule has 3 unspecified atom stereocenters. The highest BCUT2D eigenvalue weighted by Crippen LogP contribution is 2.47. The van der Waals surface area contributed by atoms with Crippen LogP contribution in [0.25, 0.3) is 0 Å². The second kappa shape index (κ2) is 4.90. The molecule has 0 amide bonds. The van der Waals surface area contributed by atoms with Gasteiger partial charge in [-0.1, -0.05) is 13.0 Å². The summed E-state index contributed by atoms with van der Waals surface area (Å²) >= 11 is 1.74. The van der Waals surface area contributed by atoms with Gasteiger partial charge in [0.2, 0.25) is 0 Å². The molecule has 3 atom stereocenters. The molecule has 18 heavy (non-hydrogen) atoms. The van der Waals surface area contributed by atoms with E-state index in [-0.39, 0.29) is 0 Å². The number of hydrogen-bond donors (Lipinski definition) is 1. The number of aliphatic hydroxyl groups is 1. The molecule has 2 nitrogen and oxygen atoms in total. The monoisotopic (exact) mass is 262 g/mol. The van der Waals surface area contributed by atoms with E-state index in [9.17, 15) is 5.11 Å². The molecule has 2 heterocycles. The summed E-state index contributed by atoms with van der Waals surface area (Å²) in [5, 5.41) is 12.2. The van der Waals surface area contributed by atoms with Gasteiger partial charge in [-0.25, -0.2) is 0 Å². The van der Waals surface area contributed by atoms with E-state index in [1.165, 1.54) is 11.3 Å². The van der Waals surface area contributed by atoms with Gasteiger partial charge in [0.25, 0.3) is 0 Å². The zero-order chi connectivity index (χ0) is 12.5. The highest BCUT2D eigenvalue weighted by atomic mass is 32.1. The van der Waals surface area contributed by atoms with Crippen LogP contribution in [0.5, 0.6) is 0 Å². The Balaban J connectivity index is 1.58. The smallest absolute Gasteiger partial charge is 0.132 e. The second-order valence-electron chi connectivity index (χ2n) is 5.19. The molecule has 96 valence electrons. The summed E-state index contributed by atoms with van der Waals surface area (Å²) in [6, 6.07) is 8.11. The molecule has 2 aromatic heterocycles. The molecule has 0 saturated heterocycles. The first-order valence-corrected chi connectivity index (χ1v) is 7.42. The van der Waals surface area contributed by atoms with Gasteiger partial charge in [0.1, 0.15) is 17.6 Å². The molecule has 3 rings (SSSR count). The first-order valence-electron chi connectivity index (χ1n) is 6.54. The maximum absolute atomic E-state index is 10.1. The molecule has 1 saturated carbocycles. The summed E-state index contributed by atoms with van der Waals surface area (Å²) in [4.78, 5) is 1.32. The van der Waals surface area contributed by atoms with Gasteiger partial charge in [0.15, 0.2) is 0 Å². The molecule has 0 aliphatic heterocycles. The number of thiophene rings is 1. The molecule has 1 aliphatic rings. The van der Waals surface area contributed by atoms with Crippen LogP contribution < -0.4 is 0 Å². The fraction of sp³-hybridized carbons (Fsp3) is 0.467. The average molecular weight is 262 g/mol. The van der Waals surface area contributed by atoms with E-state index in [0.29, 0.717) is 5.92 Å². The van der Waals surface area contributed by atoms with E-state index >= 15 is 0 Å². The molecule has 1 N–H and O–H groups in total. The molecular formula is C15H18O2S. The van der Waals surface area contributed by atoms with Crippen LogP contribution in [0.15, 0.2) is 34.1 Å². The van der Waals surface area contributed by atoms with Gasteiger partial charge < -0.3 is 9.52 Å². The van der Waals surface area contributed by atoms with Crippen molar-refractivity contribution in [1.82, 2.24) is 0 Å². The Morgan fingerprint density at radius 2 is 2.28 bits per heavy atom. The van der Waals surface area contributed by atoms with Crippen LogP contribution in [-0.2, 0) is 6.42 Å². The Morgan fingerprint density at radius 1 is 1.44 bits per heavy atom. The lowest BCUT2D eigenvalue weighted by Crippen LogP contribution is -1.97. The summed E-state index contributed by atoms with van der Waals surface area (Å²) in [7, 11) is 0. The second-order valence-corrected chi connectivity index (χ2v) is 6.23. The first-order chi connectivity index (χ1) is 8.74. The van der Waals surface area contributed by atoms with E-state index in [4.69, 9.17) is 4.42 Å². The lowest BCUT2D eigenvalue weighted by atomic mass is 10.1. The molecule has 0 aromatic carbocycles. The van der Waals surface area contributed by atoms with E-state index < -0.39 is 6.10 Å². The van der Waals surface area contributed by atoms with Crippen LogP contribution in [0, 0.1) is 5.92 Å². The SMILES string of the molecule is CC1CC1c1ccc(C(O)CCc2cccs2)o1. The third-order valence-corrected chi connectivity index (χ3v) is 4.63. The van der Waals surface area contributed by atoms with Crippen LogP contribution in [0.3, 0.4) is 0 Å². The van der Waals surface area contributed by atoms with Gasteiger partial charge in [-0.2, -0.15) is 0 Å². The molecule has 1 fully saturated rings. The minimum Gasteiger partial charge on any atom is -0.463 e. The Morgan fingerprint density at radius 3 is 2.94 bits per heavy atom. The summed E-state index contributed by atoms with van der Waals surface area (Å²) in [5.74, 6) is 3.10. The summed E-state index contributed by atoms with van der Waals surface area (Å²) in [5.41, 5.74) is 0. The maximum atomic E-state index is 10.1. The maximum Gasteiger partial charge on any atom is 0.132 e. The predicted molar refractivity (Wildman–Crippen MR) is 72.8 cm³/mol. The summed E-state index contributed by atoms with van der Waals surface area (Å²) in [6.45, 7) is 2.24. The quantitative estimate of drug-likeness (QED) is 0.879. The van der Waals surface area contributed by atoms with Gasteiger partial charge in [-0.05, 0) is 48.8 Å². The van der Waals surface area contributed by atoms with Crippen LogP contribution in [0.4, 0.5) is 0 Å². The Labute approximate surface area is 111 Å². The van der Waals surface area contributed by atoms with Crippen molar-refractivity contribution < 1.29 is 9.52 Å². The van der Waals surface area contributed by atoms with E-state index in [1.54, 1.807) is 11.3 Å². The Bertz CT molecular complexity index is 500. The fourth-order valence-electron chi connectivity index (χ4n) is 2.34. The molecule has 1 aliphatic carbocycles. The third kappa shape index (κ3) is 2.52. The number of aliphatic hydroxyl groups excluding tert-OH is 1. The predicted octanol–water partition coefficient (Wildman–Crippen LogP) is 4.13. The van der Waals surface area contributed by atoms with Crippen molar-refractivity contribution in [2.24, 2.45) is 5.92 Å². The lowest BCUT2D eigenvalue weighted by Gasteiger charge is -2.06. The summed E-state index contributed by atoms with van der Waals surface area (Å²) in [6.07, 6.45) is 2.38. The number of rotatable bonds is 5. The molecular weight excluding hydrogens is 244 g/mol. The van der Waals surface area contributed by atoms with Crippen molar-refractivity contribution in [1.29, 1.82) is 0 Å². The van der Waals surface area contributed by atoms with E-state index in [2.05, 4.69) is 18.4 Å². The number of furan rings is 1. The van der Waals surface area contributed by atoms with Crippen LogP contribution in [0.1, 0.15) is 48.2 Å². The zero-order valence-corrected chi connectivity index (χ0v) is 11.3. The standard InChI is InChI=1S/C15H18O2S/c1-10-9-12(10)14-6-7-15(17-14)13(16)5-4-11-3-2-8-18-11/h2-3,6-8,10,12-13,16H,4-5,9H2,1H3. The van der Waals surface area contributed by atoms with E-state index in [1.807, 2.05) is 18.2 Å². The minimum atomic E-state index is -0.477. The van der Waals surface area contributed by atoms with Gasteiger partial charge in [-0.3, -0.25) is 0 Å². The topological polar surface area (TPSA) is 33.4 Å². The largest absolute Gasteiger partial charge is 0.463 e. The van der Waals surface area contributed by atoms with Crippen molar-refractivity contribution in [3.63, 3.8) is 0 Å². The highest BCUT2D eigenvalue weighted by Gasteiger charge is 2.36. The van der Waals surface area contributed by atoms with Crippen molar-refractivity contribution >= 4 is 11.3 Å². The Hall–Kier alpha value is -1.06. The normalized spacial score (nSPS) is 24.1. The number of hydrogen-bond acceptors (Lipinski definition) is 3. The third-order valence-electron chi connectivity index (χ3n) is 3.70. The van der Waals surface area contributed by atoms with E-state index in [0.717, 1.165) is 30.3 Å². The highest BCUT2D eigenvalue weighted by molar-refractivity contribution is 7.09. The molecule has 2 aromatic rings. The molecule has 0 bridgehead atoms. The van der Waals surface area contributed by atoms with Gasteiger partial charge in [0, 0.05) is 10.8 Å². The van der Waals surface area contributed by atoms with Crippen molar-refractivity contribution in [3.05, 3.63) is 46.0 Å². The molecule has 3 heteroatoms. The zero-order valence-electron chi connectivity index (χ0n) is 10.5. The summed E-state index contributed by atoms with van der Waals surface area (Å²) < 4.78 is 5.76. The van der Waals surface area contributed by atoms with Gasteiger partial charge >= 0.3 is 0 Å². The minimum absolute atomic E-state index is 0.477. The number of aryl methyl sites for hydroxylation is 1. The van der Waals surface area contributed by atoms with Crippen LogP contribution >= 0.6 is 11.3 Å². The van der Waals surface area contributed by atoms with Gasteiger partial charge in [0.05, 0.1) is 0 Å². The molecule has 0 radical (unpaired) electrons. The van der Waals surface area contributed by atoms with Crippen LogP contribution in [-0.4, -0.2) is 5.11 Å². The average Bonchev–Trinajstić information content (AvgIpc) is 2.87. The van der Waals surface area contributed by atoms with Crippen molar-refractivity contribution in [3.8, 4) is 0 Å². The van der Waals surface area contributed by atoms with Gasteiger partial charge in [-0.15, -0.1) is 11.3 Å². The molecule has 0 spiro atoms. The van der Waals surface area contributed by atoms with Crippen molar-refractivity contribution in [2.45, 2.75) is 38.2 Å².